The van der Waals surface area contributed by atoms with E-state index < -0.39 is 44.9 Å². The standard InChI is InChI=1S/C14H25F3N4O3Si/c1-8-11(20-21-18)9(19-12(22)14(15,16)17)7-10(23-8)24-25(5,6)13(2,3)4/h8-11H,7H2,1-6H3,(H,19,22)/t8-,9-,10+,11-/m0/s1. The van der Waals surface area contributed by atoms with Crippen molar-refractivity contribution < 1.29 is 27.1 Å². The summed E-state index contributed by atoms with van der Waals surface area (Å²) in [6.45, 7) is 11.6. The normalized spacial score (nSPS) is 28.2. The Morgan fingerprint density at radius 2 is 1.92 bits per heavy atom. The first-order valence-corrected chi connectivity index (χ1v) is 10.8. The number of hydrogen-bond donors (Lipinski definition) is 1. The maximum Gasteiger partial charge on any atom is 0.471 e. The molecule has 1 amide bonds. The van der Waals surface area contributed by atoms with Gasteiger partial charge in [-0.1, -0.05) is 25.9 Å². The number of carbonyl (C=O) groups excluding carboxylic acids is 1. The summed E-state index contributed by atoms with van der Waals surface area (Å²) >= 11 is 0. The first-order valence-electron chi connectivity index (χ1n) is 7.94. The quantitative estimate of drug-likeness (QED) is 0.346. The van der Waals surface area contributed by atoms with Gasteiger partial charge in [0, 0.05) is 17.4 Å². The van der Waals surface area contributed by atoms with Crippen molar-refractivity contribution in [3.05, 3.63) is 10.4 Å². The molecule has 4 atom stereocenters. The predicted octanol–water partition coefficient (Wildman–Crippen LogP) is 3.87. The number of nitrogens with zero attached hydrogens (tertiary/aromatic N) is 3. The molecule has 144 valence electrons. The molecule has 0 aliphatic carbocycles. The number of azide groups is 1. The topological polar surface area (TPSA) is 96.3 Å². The molecule has 1 rings (SSSR count). The largest absolute Gasteiger partial charge is 0.471 e. The Kier molecular flexibility index (Phi) is 6.55. The van der Waals surface area contributed by atoms with Crippen molar-refractivity contribution in [1.82, 2.24) is 5.32 Å². The van der Waals surface area contributed by atoms with Crippen molar-refractivity contribution in [3.63, 3.8) is 0 Å². The van der Waals surface area contributed by atoms with Gasteiger partial charge >= 0.3 is 12.1 Å². The number of nitrogens with one attached hydrogen (secondary N) is 1. The Bertz CT molecular complexity index is 544. The zero-order chi connectivity index (χ0) is 19.6. The lowest BCUT2D eigenvalue weighted by atomic mass is 9.97. The molecule has 0 spiro atoms. The van der Waals surface area contributed by atoms with Gasteiger partial charge < -0.3 is 14.5 Å². The van der Waals surface area contributed by atoms with Gasteiger partial charge in [0.25, 0.3) is 0 Å². The molecular formula is C14H25F3N4O3Si. The van der Waals surface area contributed by atoms with Crippen molar-refractivity contribution in [3.8, 4) is 0 Å². The second-order valence-electron chi connectivity index (χ2n) is 7.66. The Balaban J connectivity index is 2.98. The Labute approximate surface area is 146 Å². The fraction of sp³-hybridized carbons (Fsp3) is 0.929. The van der Waals surface area contributed by atoms with Gasteiger partial charge in [-0.15, -0.1) is 0 Å². The molecule has 7 nitrogen and oxygen atoms in total. The molecule has 1 aliphatic heterocycles. The monoisotopic (exact) mass is 382 g/mol. The first-order chi connectivity index (χ1) is 11.2. The highest BCUT2D eigenvalue weighted by Crippen LogP contribution is 2.39. The summed E-state index contributed by atoms with van der Waals surface area (Å²) in [6.07, 6.45) is -6.52. The number of alkyl halides is 3. The molecule has 25 heavy (non-hydrogen) atoms. The van der Waals surface area contributed by atoms with E-state index in [0.29, 0.717) is 0 Å². The van der Waals surface area contributed by atoms with Crippen LogP contribution in [-0.2, 0) is 14.0 Å². The molecule has 1 heterocycles. The van der Waals surface area contributed by atoms with Gasteiger partial charge in [0.05, 0.1) is 12.1 Å². The number of hydrogen-bond acceptors (Lipinski definition) is 4. The van der Waals surface area contributed by atoms with Crippen LogP contribution in [0.4, 0.5) is 13.2 Å². The van der Waals surface area contributed by atoms with Crippen LogP contribution in [0.15, 0.2) is 5.11 Å². The number of carbonyl (C=O) groups is 1. The number of rotatable bonds is 4. The Morgan fingerprint density at radius 3 is 2.36 bits per heavy atom. The summed E-state index contributed by atoms with van der Waals surface area (Å²) in [5.74, 6) is -2.07. The smallest absolute Gasteiger partial charge is 0.392 e. The maximum absolute atomic E-state index is 12.6. The molecule has 1 saturated heterocycles. The summed E-state index contributed by atoms with van der Waals surface area (Å²) in [4.78, 5) is 13.9. The summed E-state index contributed by atoms with van der Waals surface area (Å²) in [5, 5.41) is 5.28. The SMILES string of the molecule is C[C@@H]1O[C@H](O[Si](C)(C)C(C)(C)C)C[C@H](NC(=O)C(F)(F)F)[C@H]1N=[N+]=[N-]. The van der Waals surface area contributed by atoms with Gasteiger partial charge in [-0.05, 0) is 30.6 Å². The summed E-state index contributed by atoms with van der Waals surface area (Å²) < 4.78 is 49.5. The highest BCUT2D eigenvalue weighted by Gasteiger charge is 2.46. The minimum Gasteiger partial charge on any atom is -0.392 e. The molecule has 0 aromatic rings. The van der Waals surface area contributed by atoms with Gasteiger partial charge in [0.15, 0.2) is 8.32 Å². The van der Waals surface area contributed by atoms with Gasteiger partial charge in [0.2, 0.25) is 0 Å². The Hall–Kier alpha value is -1.29. The van der Waals surface area contributed by atoms with Crippen LogP contribution in [0.25, 0.3) is 10.4 Å². The summed E-state index contributed by atoms with van der Waals surface area (Å²) in [7, 11) is -2.23. The van der Waals surface area contributed by atoms with E-state index in [1.807, 2.05) is 39.2 Å². The third-order valence-corrected chi connectivity index (χ3v) is 9.16. The van der Waals surface area contributed by atoms with Gasteiger partial charge in [-0.2, -0.15) is 13.2 Å². The van der Waals surface area contributed by atoms with Gasteiger partial charge in [-0.25, -0.2) is 0 Å². The fourth-order valence-corrected chi connectivity index (χ4v) is 3.42. The fourth-order valence-electron chi connectivity index (χ4n) is 2.26. The number of amides is 1. The molecule has 11 heteroatoms. The van der Waals surface area contributed by atoms with Crippen molar-refractivity contribution in [2.24, 2.45) is 5.11 Å². The van der Waals surface area contributed by atoms with Crippen molar-refractivity contribution >= 4 is 14.2 Å². The zero-order valence-corrected chi connectivity index (χ0v) is 16.2. The highest BCUT2D eigenvalue weighted by atomic mass is 28.4. The van der Waals surface area contributed by atoms with Crippen LogP contribution >= 0.6 is 0 Å². The molecule has 0 radical (unpaired) electrons. The molecular weight excluding hydrogens is 357 g/mol. The van der Waals surface area contributed by atoms with E-state index in [2.05, 4.69) is 10.0 Å². The van der Waals surface area contributed by atoms with E-state index in [0.717, 1.165) is 0 Å². The van der Waals surface area contributed by atoms with Gasteiger partial charge in [0.1, 0.15) is 6.29 Å². The van der Waals surface area contributed by atoms with Crippen LogP contribution in [0.2, 0.25) is 18.1 Å². The number of ether oxygens (including phenoxy) is 1. The molecule has 0 saturated carbocycles. The molecule has 1 fully saturated rings. The Morgan fingerprint density at radius 1 is 1.36 bits per heavy atom. The zero-order valence-electron chi connectivity index (χ0n) is 15.2. The third kappa shape index (κ3) is 5.60. The van der Waals surface area contributed by atoms with E-state index in [-0.39, 0.29) is 11.5 Å². The lowest BCUT2D eigenvalue weighted by Gasteiger charge is -2.44. The minimum atomic E-state index is -5.02. The van der Waals surface area contributed by atoms with Crippen LogP contribution in [0.5, 0.6) is 0 Å². The van der Waals surface area contributed by atoms with Crippen LogP contribution < -0.4 is 5.32 Å². The first kappa shape index (κ1) is 21.7. The average molecular weight is 382 g/mol. The van der Waals surface area contributed by atoms with E-state index in [4.69, 9.17) is 14.7 Å². The van der Waals surface area contributed by atoms with E-state index in [1.165, 1.54) is 0 Å². The lowest BCUT2D eigenvalue weighted by molar-refractivity contribution is -0.182. The second kappa shape index (κ2) is 7.53. The van der Waals surface area contributed by atoms with Crippen molar-refractivity contribution in [1.29, 1.82) is 0 Å². The van der Waals surface area contributed by atoms with Crippen LogP contribution in [0, 0.1) is 0 Å². The third-order valence-electron chi connectivity index (χ3n) is 4.70. The lowest BCUT2D eigenvalue weighted by Crippen LogP contribution is -2.58. The van der Waals surface area contributed by atoms with E-state index in [9.17, 15) is 18.0 Å². The van der Waals surface area contributed by atoms with Crippen molar-refractivity contribution in [2.75, 3.05) is 0 Å². The van der Waals surface area contributed by atoms with Crippen LogP contribution in [0.3, 0.4) is 0 Å². The van der Waals surface area contributed by atoms with Crippen molar-refractivity contribution in [2.45, 2.75) is 82.9 Å². The van der Waals surface area contributed by atoms with E-state index >= 15 is 0 Å². The minimum absolute atomic E-state index is 0.0254. The van der Waals surface area contributed by atoms with Gasteiger partial charge in [-0.3, -0.25) is 4.79 Å². The summed E-state index contributed by atoms with van der Waals surface area (Å²) in [6, 6.07) is -1.97. The van der Waals surface area contributed by atoms with Crippen LogP contribution in [0.1, 0.15) is 34.1 Å². The second-order valence-corrected chi connectivity index (χ2v) is 12.4. The molecule has 0 aromatic heterocycles. The average Bonchev–Trinajstić information content (AvgIpc) is 2.39. The predicted molar refractivity (Wildman–Crippen MR) is 88.2 cm³/mol. The number of halogens is 3. The summed E-state index contributed by atoms with van der Waals surface area (Å²) in [5.41, 5.74) is 8.65. The molecule has 1 aliphatic rings. The van der Waals surface area contributed by atoms with E-state index in [1.54, 1.807) is 6.92 Å². The highest BCUT2D eigenvalue weighted by molar-refractivity contribution is 6.74. The molecule has 0 aromatic carbocycles. The molecule has 0 bridgehead atoms. The molecule has 0 unspecified atom stereocenters. The van der Waals surface area contributed by atoms with Crippen LogP contribution in [-0.4, -0.2) is 44.9 Å². The maximum atomic E-state index is 12.6. The molecule has 1 N–H and O–H groups in total.